The minimum atomic E-state index is -0.563. The molecule has 4 aromatic rings. The standard InChI is InChI=1S/C32H30N2O2/c1-3-17-31(24-13-7-5-11-22(24)29-26(31)15-9-18-33-29)21-32(20-28(35)36-4-2)25-14-8-6-12-23(25)30-27(32)16-10-19-34-30/h5-16,18-19H,3-4,17,20-21H2,1-2H3. The highest BCUT2D eigenvalue weighted by molar-refractivity contribution is 5.84. The van der Waals surface area contributed by atoms with E-state index in [1.54, 1.807) is 0 Å². The van der Waals surface area contributed by atoms with Crippen LogP contribution in [-0.4, -0.2) is 22.5 Å². The summed E-state index contributed by atoms with van der Waals surface area (Å²) in [6, 6.07) is 25.6. The summed E-state index contributed by atoms with van der Waals surface area (Å²) >= 11 is 0. The molecule has 2 atom stereocenters. The molecule has 0 aliphatic heterocycles. The summed E-state index contributed by atoms with van der Waals surface area (Å²) in [5, 5.41) is 0. The summed E-state index contributed by atoms with van der Waals surface area (Å²) < 4.78 is 5.58. The van der Waals surface area contributed by atoms with E-state index in [1.165, 1.54) is 16.7 Å². The third-order valence-corrected chi connectivity index (χ3v) is 8.07. The van der Waals surface area contributed by atoms with Gasteiger partial charge in [-0.2, -0.15) is 0 Å². The first-order valence-electron chi connectivity index (χ1n) is 12.9. The Morgan fingerprint density at radius 3 is 1.83 bits per heavy atom. The van der Waals surface area contributed by atoms with Crippen LogP contribution in [0.1, 0.15) is 61.8 Å². The first-order valence-corrected chi connectivity index (χ1v) is 12.9. The Morgan fingerprint density at radius 2 is 1.25 bits per heavy atom. The summed E-state index contributed by atoms with van der Waals surface area (Å²) in [6.45, 7) is 4.48. The molecule has 2 aromatic carbocycles. The Kier molecular flexibility index (Phi) is 5.48. The highest BCUT2D eigenvalue weighted by Gasteiger charge is 2.54. The van der Waals surface area contributed by atoms with Crippen LogP contribution in [0, 0.1) is 0 Å². The molecule has 6 rings (SSSR count). The molecule has 0 bridgehead atoms. The van der Waals surface area contributed by atoms with Gasteiger partial charge in [-0.25, -0.2) is 0 Å². The number of carbonyl (C=O) groups excluding carboxylic acids is 1. The molecule has 0 saturated carbocycles. The van der Waals surface area contributed by atoms with E-state index in [1.807, 2.05) is 31.5 Å². The normalized spacial score (nSPS) is 20.8. The van der Waals surface area contributed by atoms with E-state index < -0.39 is 5.41 Å². The molecule has 2 aliphatic rings. The molecule has 0 spiro atoms. The van der Waals surface area contributed by atoms with Crippen molar-refractivity contribution in [1.82, 2.24) is 9.97 Å². The van der Waals surface area contributed by atoms with E-state index in [9.17, 15) is 4.79 Å². The van der Waals surface area contributed by atoms with E-state index in [-0.39, 0.29) is 17.8 Å². The summed E-state index contributed by atoms with van der Waals surface area (Å²) in [4.78, 5) is 23.0. The molecule has 0 N–H and O–H groups in total. The van der Waals surface area contributed by atoms with E-state index in [4.69, 9.17) is 14.7 Å². The first kappa shape index (κ1) is 22.7. The molecule has 4 nitrogen and oxygen atoms in total. The van der Waals surface area contributed by atoms with Gasteiger partial charge in [0, 0.05) is 34.4 Å². The van der Waals surface area contributed by atoms with Gasteiger partial charge in [0.15, 0.2) is 0 Å². The van der Waals surface area contributed by atoms with Gasteiger partial charge in [-0.1, -0.05) is 74.0 Å². The Balaban J connectivity index is 1.64. The second kappa shape index (κ2) is 8.70. The van der Waals surface area contributed by atoms with Gasteiger partial charge in [0.25, 0.3) is 0 Å². The average molecular weight is 475 g/mol. The summed E-state index contributed by atoms with van der Waals surface area (Å²) in [7, 11) is 0. The second-order valence-corrected chi connectivity index (χ2v) is 9.96. The number of ether oxygens (including phenoxy) is 1. The van der Waals surface area contributed by atoms with Crippen LogP contribution >= 0.6 is 0 Å². The molecule has 0 radical (unpaired) electrons. The lowest BCUT2D eigenvalue weighted by atomic mass is 9.60. The minimum absolute atomic E-state index is 0.173. The van der Waals surface area contributed by atoms with Gasteiger partial charge in [-0.15, -0.1) is 0 Å². The number of nitrogens with zero attached hydrogens (tertiary/aromatic N) is 2. The minimum Gasteiger partial charge on any atom is -0.466 e. The van der Waals surface area contributed by atoms with Crippen LogP contribution in [0.2, 0.25) is 0 Å². The first-order chi connectivity index (χ1) is 17.6. The van der Waals surface area contributed by atoms with Crippen molar-refractivity contribution >= 4 is 5.97 Å². The third kappa shape index (κ3) is 3.17. The van der Waals surface area contributed by atoms with Crippen LogP contribution in [0.3, 0.4) is 0 Å². The molecule has 2 unspecified atom stereocenters. The Labute approximate surface area is 212 Å². The van der Waals surface area contributed by atoms with Crippen molar-refractivity contribution in [2.24, 2.45) is 0 Å². The summed E-state index contributed by atoms with van der Waals surface area (Å²) in [6.07, 6.45) is 6.74. The van der Waals surface area contributed by atoms with Crippen molar-refractivity contribution in [3.8, 4) is 22.5 Å². The molecule has 0 amide bonds. The highest BCUT2D eigenvalue weighted by atomic mass is 16.5. The number of benzene rings is 2. The predicted octanol–water partition coefficient (Wildman–Crippen LogP) is 6.85. The number of carbonyl (C=O) groups is 1. The maximum Gasteiger partial charge on any atom is 0.307 e. The van der Waals surface area contributed by atoms with Gasteiger partial charge < -0.3 is 4.74 Å². The topological polar surface area (TPSA) is 52.1 Å². The second-order valence-electron chi connectivity index (χ2n) is 9.96. The van der Waals surface area contributed by atoms with E-state index in [0.29, 0.717) is 6.61 Å². The molecule has 4 heteroatoms. The number of rotatable bonds is 7. The smallest absolute Gasteiger partial charge is 0.307 e. The molecular weight excluding hydrogens is 444 g/mol. The number of aromatic nitrogens is 2. The molecule has 2 heterocycles. The summed E-state index contributed by atoms with van der Waals surface area (Å²) in [5.41, 5.74) is 8.34. The number of pyridine rings is 2. The fraction of sp³-hybridized carbons (Fsp3) is 0.281. The van der Waals surface area contributed by atoms with Crippen molar-refractivity contribution in [3.63, 3.8) is 0 Å². The van der Waals surface area contributed by atoms with E-state index in [0.717, 1.165) is 47.3 Å². The largest absolute Gasteiger partial charge is 0.466 e. The van der Waals surface area contributed by atoms with Crippen LogP contribution in [-0.2, 0) is 20.4 Å². The van der Waals surface area contributed by atoms with Gasteiger partial charge in [0.05, 0.1) is 24.4 Å². The van der Waals surface area contributed by atoms with Crippen LogP contribution < -0.4 is 0 Å². The Hall–Kier alpha value is -3.79. The maximum atomic E-state index is 13.3. The molecule has 36 heavy (non-hydrogen) atoms. The summed E-state index contributed by atoms with van der Waals surface area (Å²) in [5.74, 6) is -0.173. The van der Waals surface area contributed by atoms with Gasteiger partial charge >= 0.3 is 5.97 Å². The molecule has 0 saturated heterocycles. The van der Waals surface area contributed by atoms with Gasteiger partial charge in [0.1, 0.15) is 0 Å². The zero-order valence-corrected chi connectivity index (χ0v) is 20.8. The molecule has 2 aromatic heterocycles. The van der Waals surface area contributed by atoms with E-state index in [2.05, 4.69) is 67.6 Å². The SMILES string of the molecule is CCCC1(CC2(CC(=O)OCC)c3ccccc3-c3ncccc32)c2ccccc2-c2ncccc21. The van der Waals surface area contributed by atoms with Crippen molar-refractivity contribution < 1.29 is 9.53 Å². The van der Waals surface area contributed by atoms with Gasteiger partial charge in [-0.3, -0.25) is 14.8 Å². The number of fused-ring (bicyclic) bond motifs is 6. The Bertz CT molecular complexity index is 1370. The van der Waals surface area contributed by atoms with Crippen LogP contribution in [0.25, 0.3) is 22.5 Å². The third-order valence-electron chi connectivity index (χ3n) is 8.07. The van der Waals surface area contributed by atoms with E-state index >= 15 is 0 Å². The van der Waals surface area contributed by atoms with Crippen molar-refractivity contribution in [1.29, 1.82) is 0 Å². The lowest BCUT2D eigenvalue weighted by Gasteiger charge is -2.42. The van der Waals surface area contributed by atoms with Gasteiger partial charge in [-0.05, 0) is 54.2 Å². The van der Waals surface area contributed by atoms with Crippen LogP contribution in [0.15, 0.2) is 85.2 Å². The average Bonchev–Trinajstić information content (AvgIpc) is 3.33. The lowest BCUT2D eigenvalue weighted by molar-refractivity contribution is -0.144. The fourth-order valence-corrected chi connectivity index (χ4v) is 6.91. The fourth-order valence-electron chi connectivity index (χ4n) is 6.91. The monoisotopic (exact) mass is 474 g/mol. The molecule has 2 aliphatic carbocycles. The maximum absolute atomic E-state index is 13.3. The number of hydrogen-bond donors (Lipinski definition) is 0. The highest BCUT2D eigenvalue weighted by Crippen LogP contribution is 2.61. The molecule has 180 valence electrons. The zero-order chi connectivity index (χ0) is 24.8. The predicted molar refractivity (Wildman–Crippen MR) is 142 cm³/mol. The quantitative estimate of drug-likeness (QED) is 0.275. The Morgan fingerprint density at radius 1 is 0.722 bits per heavy atom. The van der Waals surface area contributed by atoms with Crippen molar-refractivity contribution in [2.75, 3.05) is 6.61 Å². The van der Waals surface area contributed by atoms with Crippen molar-refractivity contribution in [3.05, 3.63) is 107 Å². The molecule has 0 fully saturated rings. The van der Waals surface area contributed by atoms with Crippen LogP contribution in [0.5, 0.6) is 0 Å². The zero-order valence-electron chi connectivity index (χ0n) is 20.8. The van der Waals surface area contributed by atoms with Gasteiger partial charge in [0.2, 0.25) is 0 Å². The molecular formula is C32H30N2O2. The lowest BCUT2D eigenvalue weighted by Crippen LogP contribution is -2.39. The number of hydrogen-bond acceptors (Lipinski definition) is 4. The van der Waals surface area contributed by atoms with Crippen LogP contribution in [0.4, 0.5) is 0 Å². The van der Waals surface area contributed by atoms with Crippen molar-refractivity contribution in [2.45, 2.75) is 50.4 Å². The number of esters is 1.